The van der Waals surface area contributed by atoms with Crippen molar-refractivity contribution >= 4 is 49.0 Å². The zero-order chi connectivity index (χ0) is 21.9. The number of carbonyl (C=O) groups is 2. The van der Waals surface area contributed by atoms with Crippen LogP contribution in [0, 0.1) is 6.92 Å². The summed E-state index contributed by atoms with van der Waals surface area (Å²) in [6.07, 6.45) is 0. The molecule has 7 nitrogen and oxygen atoms in total. The topological polar surface area (TPSA) is 92.8 Å². The molecule has 2 aromatic carbocycles. The van der Waals surface area contributed by atoms with Gasteiger partial charge in [-0.2, -0.15) is 4.31 Å². The van der Waals surface area contributed by atoms with Gasteiger partial charge in [-0.3, -0.25) is 4.79 Å². The number of nitrogens with zero attached hydrogens (tertiary/aromatic N) is 1. The number of fused-ring (bicyclic) bond motifs is 1. The normalized spacial score (nSPS) is 11.6. The van der Waals surface area contributed by atoms with Crippen molar-refractivity contribution in [2.45, 2.75) is 18.7 Å². The third kappa shape index (κ3) is 4.69. The SMILES string of the molecule is CCN(CC(=O)Nc1ccc2sc(C(=O)OC)cc2c1)S(=O)(=O)c1ccc(C)cc1. The van der Waals surface area contributed by atoms with Crippen LogP contribution in [0.2, 0.25) is 0 Å². The van der Waals surface area contributed by atoms with Crippen LogP contribution in [0.4, 0.5) is 5.69 Å². The number of carbonyl (C=O) groups excluding carboxylic acids is 2. The third-order valence-electron chi connectivity index (χ3n) is 4.52. The molecule has 0 radical (unpaired) electrons. The Labute approximate surface area is 179 Å². The van der Waals surface area contributed by atoms with Crippen molar-refractivity contribution in [1.82, 2.24) is 4.31 Å². The number of nitrogens with one attached hydrogen (secondary N) is 1. The molecule has 0 aliphatic heterocycles. The number of aryl methyl sites for hydroxylation is 1. The van der Waals surface area contributed by atoms with Gasteiger partial charge in [-0.05, 0) is 48.7 Å². The highest BCUT2D eigenvalue weighted by Crippen LogP contribution is 2.28. The Bertz CT molecular complexity index is 1180. The summed E-state index contributed by atoms with van der Waals surface area (Å²) >= 11 is 1.30. The summed E-state index contributed by atoms with van der Waals surface area (Å²) in [7, 11) is -2.45. The first-order chi connectivity index (χ1) is 14.2. The molecular formula is C21H22N2O5S2. The predicted molar refractivity (Wildman–Crippen MR) is 117 cm³/mol. The molecule has 0 unspecified atom stereocenters. The van der Waals surface area contributed by atoms with E-state index in [-0.39, 0.29) is 18.0 Å². The van der Waals surface area contributed by atoms with Gasteiger partial charge in [0.25, 0.3) is 0 Å². The van der Waals surface area contributed by atoms with E-state index in [2.05, 4.69) is 5.32 Å². The number of hydrogen-bond donors (Lipinski definition) is 1. The maximum absolute atomic E-state index is 12.8. The number of sulfonamides is 1. The number of ether oxygens (including phenoxy) is 1. The number of anilines is 1. The van der Waals surface area contributed by atoms with Crippen LogP contribution >= 0.6 is 11.3 Å². The summed E-state index contributed by atoms with van der Waals surface area (Å²) in [5.74, 6) is -0.864. The highest BCUT2D eigenvalue weighted by Gasteiger charge is 2.25. The molecule has 0 aliphatic carbocycles. The minimum atomic E-state index is -3.78. The van der Waals surface area contributed by atoms with Crippen LogP contribution in [0.3, 0.4) is 0 Å². The molecule has 0 atom stereocenters. The second-order valence-electron chi connectivity index (χ2n) is 6.65. The molecule has 158 valence electrons. The Morgan fingerprint density at radius 3 is 2.43 bits per heavy atom. The van der Waals surface area contributed by atoms with Crippen molar-refractivity contribution in [2.24, 2.45) is 0 Å². The number of methoxy groups -OCH3 is 1. The van der Waals surface area contributed by atoms with Crippen molar-refractivity contribution in [3.63, 3.8) is 0 Å². The maximum Gasteiger partial charge on any atom is 0.348 e. The van der Waals surface area contributed by atoms with Gasteiger partial charge in [-0.1, -0.05) is 24.6 Å². The zero-order valence-corrected chi connectivity index (χ0v) is 18.5. The molecule has 0 aliphatic rings. The van der Waals surface area contributed by atoms with Gasteiger partial charge in [0.05, 0.1) is 18.6 Å². The summed E-state index contributed by atoms with van der Waals surface area (Å²) in [5, 5.41) is 3.52. The molecule has 30 heavy (non-hydrogen) atoms. The highest BCUT2D eigenvalue weighted by atomic mass is 32.2. The van der Waals surface area contributed by atoms with Gasteiger partial charge >= 0.3 is 5.97 Å². The minimum absolute atomic E-state index is 0.151. The van der Waals surface area contributed by atoms with E-state index >= 15 is 0 Å². The molecule has 0 saturated carbocycles. The van der Waals surface area contributed by atoms with Crippen LogP contribution in [0.5, 0.6) is 0 Å². The van der Waals surface area contributed by atoms with E-state index in [0.717, 1.165) is 20.0 Å². The molecule has 3 aromatic rings. The maximum atomic E-state index is 12.8. The summed E-state index contributed by atoms with van der Waals surface area (Å²) in [6, 6.07) is 13.5. The summed E-state index contributed by atoms with van der Waals surface area (Å²) in [6.45, 7) is 3.42. The Kier molecular flexibility index (Phi) is 6.55. The van der Waals surface area contributed by atoms with E-state index in [1.807, 2.05) is 6.92 Å². The first-order valence-electron chi connectivity index (χ1n) is 9.23. The van der Waals surface area contributed by atoms with E-state index in [1.54, 1.807) is 43.3 Å². The number of esters is 1. The molecule has 1 N–H and O–H groups in total. The fraction of sp³-hybridized carbons (Fsp3) is 0.238. The molecule has 1 amide bonds. The van der Waals surface area contributed by atoms with Crippen LogP contribution in [0.1, 0.15) is 22.2 Å². The van der Waals surface area contributed by atoms with E-state index in [9.17, 15) is 18.0 Å². The Morgan fingerprint density at radius 2 is 1.80 bits per heavy atom. The Hall–Kier alpha value is -2.75. The molecule has 1 aromatic heterocycles. The molecule has 1 heterocycles. The van der Waals surface area contributed by atoms with Crippen molar-refractivity contribution in [3.8, 4) is 0 Å². The average molecular weight is 447 g/mol. The highest BCUT2D eigenvalue weighted by molar-refractivity contribution is 7.89. The van der Waals surface area contributed by atoms with Gasteiger partial charge in [-0.15, -0.1) is 11.3 Å². The van der Waals surface area contributed by atoms with Crippen LogP contribution in [0.15, 0.2) is 53.4 Å². The molecule has 9 heteroatoms. The fourth-order valence-corrected chi connectivity index (χ4v) is 5.28. The smallest absolute Gasteiger partial charge is 0.348 e. The fourth-order valence-electron chi connectivity index (χ4n) is 2.91. The molecule has 0 saturated heterocycles. The average Bonchev–Trinajstić information content (AvgIpc) is 3.15. The van der Waals surface area contributed by atoms with Gasteiger partial charge in [0.1, 0.15) is 4.88 Å². The standard InChI is InChI=1S/C21H22N2O5S2/c1-4-23(30(26,27)17-8-5-14(2)6-9-17)13-20(24)22-16-7-10-18-15(11-16)12-19(29-18)21(25)28-3/h5-12H,4,13H2,1-3H3,(H,22,24). The summed E-state index contributed by atoms with van der Waals surface area (Å²) in [4.78, 5) is 24.8. The monoisotopic (exact) mass is 446 g/mol. The number of hydrogen-bond acceptors (Lipinski definition) is 6. The van der Waals surface area contributed by atoms with Crippen LogP contribution in [-0.2, 0) is 19.6 Å². The number of likely N-dealkylation sites (N-methyl/N-ethyl adjacent to an activating group) is 1. The van der Waals surface area contributed by atoms with Crippen molar-refractivity contribution in [3.05, 3.63) is 59.0 Å². The summed E-state index contributed by atoms with van der Waals surface area (Å²) < 4.78 is 32.4. The zero-order valence-electron chi connectivity index (χ0n) is 16.8. The quantitative estimate of drug-likeness (QED) is 0.559. The minimum Gasteiger partial charge on any atom is -0.465 e. The molecule has 0 spiro atoms. The molecule has 3 rings (SSSR count). The lowest BCUT2D eigenvalue weighted by Gasteiger charge is -2.20. The lowest BCUT2D eigenvalue weighted by molar-refractivity contribution is -0.116. The van der Waals surface area contributed by atoms with E-state index in [0.29, 0.717) is 10.6 Å². The Morgan fingerprint density at radius 1 is 1.10 bits per heavy atom. The largest absolute Gasteiger partial charge is 0.465 e. The number of benzene rings is 2. The molecule has 0 fully saturated rings. The lowest BCUT2D eigenvalue weighted by Crippen LogP contribution is -2.37. The second-order valence-corrected chi connectivity index (χ2v) is 9.67. The van der Waals surface area contributed by atoms with Crippen molar-refractivity contribution in [1.29, 1.82) is 0 Å². The van der Waals surface area contributed by atoms with Crippen molar-refractivity contribution < 1.29 is 22.7 Å². The van der Waals surface area contributed by atoms with E-state index in [1.165, 1.54) is 30.6 Å². The Balaban J connectivity index is 1.74. The summed E-state index contributed by atoms with van der Waals surface area (Å²) in [5.41, 5.74) is 1.47. The van der Waals surface area contributed by atoms with Gasteiger partial charge in [0.15, 0.2) is 0 Å². The van der Waals surface area contributed by atoms with Crippen LogP contribution in [-0.4, -0.2) is 44.8 Å². The molecular weight excluding hydrogens is 424 g/mol. The number of rotatable bonds is 7. The number of amides is 1. The van der Waals surface area contributed by atoms with Crippen LogP contribution in [0.25, 0.3) is 10.1 Å². The predicted octanol–water partition coefficient (Wildman–Crippen LogP) is 3.65. The first kappa shape index (κ1) is 21.9. The van der Waals surface area contributed by atoms with E-state index < -0.39 is 21.9 Å². The van der Waals surface area contributed by atoms with Gasteiger partial charge in [-0.25, -0.2) is 13.2 Å². The molecule has 0 bridgehead atoms. The number of thiophene rings is 1. The lowest BCUT2D eigenvalue weighted by atomic mass is 10.2. The second kappa shape index (κ2) is 8.95. The van der Waals surface area contributed by atoms with E-state index in [4.69, 9.17) is 4.74 Å². The first-order valence-corrected chi connectivity index (χ1v) is 11.5. The van der Waals surface area contributed by atoms with Gasteiger partial charge < -0.3 is 10.1 Å². The van der Waals surface area contributed by atoms with Gasteiger partial charge in [0.2, 0.25) is 15.9 Å². The van der Waals surface area contributed by atoms with Crippen LogP contribution < -0.4 is 5.32 Å². The van der Waals surface area contributed by atoms with Gasteiger partial charge in [0, 0.05) is 16.9 Å². The van der Waals surface area contributed by atoms with Crippen molar-refractivity contribution in [2.75, 3.05) is 25.5 Å². The third-order valence-corrected chi connectivity index (χ3v) is 7.55.